The number of aliphatic hydroxyl groups excluding tert-OH is 1. The topological polar surface area (TPSA) is 129 Å². The molecule has 0 aliphatic carbocycles. The molecule has 0 saturated heterocycles. The number of rotatable bonds is 7. The molecule has 0 fully saturated rings. The molecule has 0 unspecified atom stereocenters. The third-order valence-corrected chi connectivity index (χ3v) is 3.80. The zero-order chi connectivity index (χ0) is 19.4. The summed E-state index contributed by atoms with van der Waals surface area (Å²) in [7, 11) is 0. The highest BCUT2D eigenvalue weighted by molar-refractivity contribution is 5.66. The Morgan fingerprint density at radius 2 is 2.00 bits per heavy atom. The zero-order valence-corrected chi connectivity index (χ0v) is 14.3. The lowest BCUT2D eigenvalue weighted by atomic mass is 10.1. The average Bonchev–Trinajstić information content (AvgIpc) is 3.05. The molecule has 0 amide bonds. The molecular formula is C17H17FN6O3. The highest BCUT2D eigenvalue weighted by Crippen LogP contribution is 2.28. The van der Waals surface area contributed by atoms with Crippen molar-refractivity contribution in [3.8, 4) is 0 Å². The quantitative estimate of drug-likeness (QED) is 0.370. The van der Waals surface area contributed by atoms with Gasteiger partial charge in [0.25, 0.3) is 0 Å². The molecule has 2 aromatic heterocycles. The molecule has 1 atom stereocenters. The van der Waals surface area contributed by atoms with Crippen LogP contribution in [0.1, 0.15) is 17.3 Å². The van der Waals surface area contributed by atoms with Gasteiger partial charge in [0.05, 0.1) is 17.6 Å². The molecule has 27 heavy (non-hydrogen) atoms. The van der Waals surface area contributed by atoms with Gasteiger partial charge in [0, 0.05) is 17.8 Å². The second-order valence-corrected chi connectivity index (χ2v) is 5.81. The van der Waals surface area contributed by atoms with E-state index in [1.54, 1.807) is 25.1 Å². The monoisotopic (exact) mass is 372 g/mol. The summed E-state index contributed by atoms with van der Waals surface area (Å²) in [4.78, 5) is 14.9. The molecular weight excluding hydrogens is 355 g/mol. The first-order valence-electron chi connectivity index (χ1n) is 8.03. The summed E-state index contributed by atoms with van der Waals surface area (Å²) in [6, 6.07) is 9.52. The Labute approximate surface area is 153 Å². The molecule has 140 valence electrons. The molecule has 0 aliphatic heterocycles. The summed E-state index contributed by atoms with van der Waals surface area (Å²) >= 11 is 0. The van der Waals surface area contributed by atoms with Crippen molar-refractivity contribution in [1.29, 1.82) is 0 Å². The van der Waals surface area contributed by atoms with E-state index in [1.165, 1.54) is 24.3 Å². The van der Waals surface area contributed by atoms with Crippen LogP contribution in [0.5, 0.6) is 0 Å². The first-order valence-corrected chi connectivity index (χ1v) is 8.03. The van der Waals surface area contributed by atoms with Gasteiger partial charge in [-0.2, -0.15) is 5.10 Å². The summed E-state index contributed by atoms with van der Waals surface area (Å²) in [6.45, 7) is 1.53. The number of nitro groups is 1. The van der Waals surface area contributed by atoms with Crippen molar-refractivity contribution in [2.45, 2.75) is 13.0 Å². The second-order valence-electron chi connectivity index (χ2n) is 5.81. The number of aromatic amines is 1. The summed E-state index contributed by atoms with van der Waals surface area (Å²) < 4.78 is 13.1. The molecule has 3 aromatic rings. The summed E-state index contributed by atoms with van der Waals surface area (Å²) in [5.41, 5.74) is 1.21. The lowest BCUT2D eigenvalue weighted by molar-refractivity contribution is -0.384. The van der Waals surface area contributed by atoms with Crippen molar-refractivity contribution in [1.82, 2.24) is 15.2 Å². The predicted octanol–water partition coefficient (Wildman–Crippen LogP) is 3.05. The van der Waals surface area contributed by atoms with Crippen molar-refractivity contribution >= 4 is 23.1 Å². The smallest absolute Gasteiger partial charge is 0.311 e. The Kier molecular flexibility index (Phi) is 5.27. The number of H-pyrrole nitrogens is 1. The van der Waals surface area contributed by atoms with Crippen LogP contribution in [0.2, 0.25) is 0 Å². The summed E-state index contributed by atoms with van der Waals surface area (Å²) in [5, 5.41) is 33.4. The molecule has 10 heteroatoms. The lowest BCUT2D eigenvalue weighted by Crippen LogP contribution is -2.16. The third kappa shape index (κ3) is 4.36. The zero-order valence-electron chi connectivity index (χ0n) is 14.3. The first kappa shape index (κ1) is 18.3. The van der Waals surface area contributed by atoms with Gasteiger partial charge < -0.3 is 15.7 Å². The van der Waals surface area contributed by atoms with Gasteiger partial charge in [0.1, 0.15) is 11.6 Å². The van der Waals surface area contributed by atoms with E-state index in [2.05, 4.69) is 25.8 Å². The van der Waals surface area contributed by atoms with E-state index in [0.717, 1.165) is 5.69 Å². The Bertz CT molecular complexity index is 944. The van der Waals surface area contributed by atoms with Crippen LogP contribution in [0.4, 0.5) is 27.5 Å². The third-order valence-electron chi connectivity index (χ3n) is 3.80. The van der Waals surface area contributed by atoms with Crippen molar-refractivity contribution in [2.75, 3.05) is 17.2 Å². The number of anilines is 3. The predicted molar refractivity (Wildman–Crippen MR) is 97.3 cm³/mol. The van der Waals surface area contributed by atoms with E-state index in [9.17, 15) is 19.6 Å². The number of benzene rings is 1. The van der Waals surface area contributed by atoms with Crippen molar-refractivity contribution < 1.29 is 14.4 Å². The fourth-order valence-corrected chi connectivity index (χ4v) is 2.48. The minimum atomic E-state index is -0.556. The Hall–Kier alpha value is -3.53. The Morgan fingerprint density at radius 3 is 2.59 bits per heavy atom. The highest BCUT2D eigenvalue weighted by atomic mass is 19.1. The number of pyridine rings is 1. The lowest BCUT2D eigenvalue weighted by Gasteiger charge is -2.18. The number of aromatic nitrogens is 3. The van der Waals surface area contributed by atoms with Crippen molar-refractivity contribution in [2.24, 2.45) is 0 Å². The average molecular weight is 372 g/mol. The highest BCUT2D eigenvalue weighted by Gasteiger charge is 2.19. The van der Waals surface area contributed by atoms with Crippen LogP contribution in [0.15, 0.2) is 42.5 Å². The van der Waals surface area contributed by atoms with Gasteiger partial charge >= 0.3 is 5.69 Å². The van der Waals surface area contributed by atoms with E-state index in [4.69, 9.17) is 0 Å². The van der Waals surface area contributed by atoms with Crippen LogP contribution in [0.3, 0.4) is 0 Å². The van der Waals surface area contributed by atoms with E-state index >= 15 is 0 Å². The minimum absolute atomic E-state index is 0.00676. The maximum atomic E-state index is 13.1. The number of hydrogen-bond acceptors (Lipinski definition) is 7. The van der Waals surface area contributed by atoms with E-state index < -0.39 is 11.0 Å². The molecule has 0 bridgehead atoms. The number of halogens is 1. The van der Waals surface area contributed by atoms with E-state index in [-0.39, 0.29) is 23.9 Å². The molecule has 0 aliphatic rings. The SMILES string of the molecule is Cc1cc(Nc2nc(N[C@@H](CO)c3ccc(F)cc3)ccc2[N+](=O)[O-])n[nH]1. The summed E-state index contributed by atoms with van der Waals surface area (Å²) in [6.07, 6.45) is 0. The Morgan fingerprint density at radius 1 is 1.26 bits per heavy atom. The van der Waals surface area contributed by atoms with Crippen LogP contribution in [-0.2, 0) is 0 Å². The van der Waals surface area contributed by atoms with Gasteiger partial charge in [0.15, 0.2) is 5.82 Å². The number of aliphatic hydroxyl groups is 1. The minimum Gasteiger partial charge on any atom is -0.394 e. The van der Waals surface area contributed by atoms with Crippen LogP contribution in [0.25, 0.3) is 0 Å². The molecule has 9 nitrogen and oxygen atoms in total. The molecule has 0 saturated carbocycles. The number of nitrogens with zero attached hydrogens (tertiary/aromatic N) is 3. The van der Waals surface area contributed by atoms with Crippen LogP contribution >= 0.6 is 0 Å². The van der Waals surface area contributed by atoms with Crippen LogP contribution < -0.4 is 10.6 Å². The Balaban J connectivity index is 1.87. The van der Waals surface area contributed by atoms with Gasteiger partial charge in [-0.15, -0.1) is 0 Å². The van der Waals surface area contributed by atoms with Crippen molar-refractivity contribution in [3.05, 3.63) is 69.7 Å². The van der Waals surface area contributed by atoms with Gasteiger partial charge in [0.2, 0.25) is 5.82 Å². The normalized spacial score (nSPS) is 11.8. The number of hydrogen-bond donors (Lipinski definition) is 4. The van der Waals surface area contributed by atoms with Crippen LogP contribution in [0, 0.1) is 22.9 Å². The van der Waals surface area contributed by atoms with Crippen LogP contribution in [-0.4, -0.2) is 31.8 Å². The summed E-state index contributed by atoms with van der Waals surface area (Å²) in [5.74, 6) is 0.313. The van der Waals surface area contributed by atoms with E-state index in [0.29, 0.717) is 17.2 Å². The molecule has 0 radical (unpaired) electrons. The fourth-order valence-electron chi connectivity index (χ4n) is 2.48. The molecule has 3 rings (SSSR count). The van der Waals surface area contributed by atoms with Gasteiger partial charge in [-0.1, -0.05) is 12.1 Å². The molecule has 0 spiro atoms. The molecule has 1 aromatic carbocycles. The maximum Gasteiger partial charge on any atom is 0.311 e. The second kappa shape index (κ2) is 7.79. The van der Waals surface area contributed by atoms with Crippen molar-refractivity contribution in [3.63, 3.8) is 0 Å². The maximum absolute atomic E-state index is 13.1. The van der Waals surface area contributed by atoms with Gasteiger partial charge in [-0.05, 0) is 30.7 Å². The van der Waals surface area contributed by atoms with Gasteiger partial charge in [-0.25, -0.2) is 9.37 Å². The van der Waals surface area contributed by atoms with E-state index in [1.807, 2.05) is 0 Å². The van der Waals surface area contributed by atoms with Gasteiger partial charge in [-0.3, -0.25) is 15.2 Å². The number of aryl methyl sites for hydroxylation is 1. The molecule has 4 N–H and O–H groups in total. The fraction of sp³-hybridized carbons (Fsp3) is 0.176. The first-order chi connectivity index (χ1) is 13.0. The molecule has 2 heterocycles. The standard InChI is InChI=1S/C17H17FN6O3/c1-10-8-16(23-22-10)21-17-14(24(26)27)6-7-15(20-17)19-13(9-25)11-2-4-12(18)5-3-11/h2-8,13,25H,9H2,1H3,(H3,19,20,21,22,23)/t13-/m0/s1. The number of nitrogens with one attached hydrogen (secondary N) is 3. The largest absolute Gasteiger partial charge is 0.394 e.